The molecule has 1 aliphatic carbocycles. The van der Waals surface area contributed by atoms with Gasteiger partial charge in [-0.1, -0.05) is 31.0 Å². The van der Waals surface area contributed by atoms with Crippen LogP contribution < -0.4 is 0 Å². The van der Waals surface area contributed by atoms with Crippen molar-refractivity contribution in [2.75, 3.05) is 20.1 Å². The molecule has 138 valence electrons. The fourth-order valence-electron chi connectivity index (χ4n) is 4.26. The first-order chi connectivity index (χ1) is 11.7. The Labute approximate surface area is 162 Å². The quantitative estimate of drug-likeness (QED) is 0.776. The molecule has 1 aromatic carbocycles. The van der Waals surface area contributed by atoms with Crippen LogP contribution in [0.5, 0.6) is 0 Å². The van der Waals surface area contributed by atoms with E-state index in [-0.39, 0.29) is 18.3 Å². The number of carbonyl (C=O) groups excluding carboxylic acids is 1. The highest BCUT2D eigenvalue weighted by Crippen LogP contribution is 2.29. The first-order valence-corrected chi connectivity index (χ1v) is 9.48. The summed E-state index contributed by atoms with van der Waals surface area (Å²) in [6.45, 7) is 2.39. The van der Waals surface area contributed by atoms with Gasteiger partial charge < -0.3 is 4.90 Å². The largest absolute Gasteiger partial charge is 0.341 e. The molecule has 1 saturated carbocycles. The van der Waals surface area contributed by atoms with E-state index in [0.29, 0.717) is 18.5 Å². The minimum atomic E-state index is 0. The average Bonchev–Trinajstić information content (AvgIpc) is 3.16. The van der Waals surface area contributed by atoms with Crippen LogP contribution in [0.1, 0.15) is 44.1 Å². The van der Waals surface area contributed by atoms with Gasteiger partial charge in [-0.05, 0) is 50.4 Å². The topological polar surface area (TPSA) is 35.9 Å². The van der Waals surface area contributed by atoms with Gasteiger partial charge in [-0.3, -0.25) is 9.69 Å². The van der Waals surface area contributed by atoms with Crippen LogP contribution in [-0.4, -0.2) is 47.9 Å². The first-order valence-electron chi connectivity index (χ1n) is 9.11. The molecule has 1 heterocycles. The molecule has 0 unspecified atom stereocenters. The minimum Gasteiger partial charge on any atom is -0.341 e. The fraction of sp³-hybridized carbons (Fsp3) is 0.632. The van der Waals surface area contributed by atoms with Crippen LogP contribution in [-0.2, 0) is 23.6 Å². The van der Waals surface area contributed by atoms with Crippen LogP contribution in [0.2, 0.25) is 0 Å². The molecule has 4 nitrogen and oxygen atoms in total. The lowest BCUT2D eigenvalue weighted by molar-refractivity contribution is -0.133. The first kappa shape index (κ1) is 20.3. The smallest absolute Gasteiger partial charge is 0.227 e. The average molecular weight is 382 g/mol. The molecule has 0 aromatic heterocycles. The molecule has 1 amide bonds. The van der Waals surface area contributed by atoms with E-state index in [0.717, 1.165) is 17.7 Å². The van der Waals surface area contributed by atoms with Crippen molar-refractivity contribution in [1.29, 1.82) is 0 Å². The summed E-state index contributed by atoms with van der Waals surface area (Å²) in [6, 6.07) is 8.57. The van der Waals surface area contributed by atoms with Gasteiger partial charge in [-0.15, -0.1) is 12.4 Å². The number of amides is 1. The predicted octanol–water partition coefficient (Wildman–Crippen LogP) is 3.88. The van der Waals surface area contributed by atoms with E-state index in [9.17, 15) is 4.79 Å². The van der Waals surface area contributed by atoms with E-state index >= 15 is 0 Å². The molecule has 3 rings (SSSR count). The van der Waals surface area contributed by atoms with Crippen LogP contribution in [0.4, 0.5) is 5.69 Å². The van der Waals surface area contributed by atoms with Gasteiger partial charge in [0, 0.05) is 31.6 Å². The number of hydrogen-bond donors (Lipinski definition) is 0. The van der Waals surface area contributed by atoms with E-state index < -0.39 is 0 Å². The highest BCUT2D eigenvalue weighted by molar-refractivity contribution is 7.47. The Morgan fingerprint density at radius 1 is 1.20 bits per heavy atom. The number of likely N-dealkylation sites (N-methyl/N-ethyl adjacent to an activating group) is 1. The van der Waals surface area contributed by atoms with Crippen LogP contribution in [0.15, 0.2) is 28.6 Å². The van der Waals surface area contributed by atoms with Gasteiger partial charge >= 0.3 is 0 Å². The Bertz CT molecular complexity index is 592. The normalized spacial score (nSPS) is 23.7. The SMILES string of the molecule is CN(C(=O)Cc1ccccc1N=S)[C@H]1CCCC[C@@H]1N1CCCC1.Cl. The fourth-order valence-corrected chi connectivity index (χ4v) is 4.44. The molecule has 0 spiro atoms. The Hall–Kier alpha value is -1.04. The highest BCUT2D eigenvalue weighted by Gasteiger charge is 2.35. The molecule has 6 heteroatoms. The molecule has 25 heavy (non-hydrogen) atoms. The Morgan fingerprint density at radius 2 is 1.88 bits per heavy atom. The van der Waals surface area contributed by atoms with Crippen molar-refractivity contribution in [2.45, 2.75) is 57.0 Å². The second-order valence-corrected chi connectivity index (χ2v) is 7.25. The molecule has 2 atom stereocenters. The summed E-state index contributed by atoms with van der Waals surface area (Å²) < 4.78 is 3.88. The van der Waals surface area contributed by atoms with Crippen molar-refractivity contribution in [3.63, 3.8) is 0 Å². The number of hydrogen-bond acceptors (Lipinski definition) is 4. The van der Waals surface area contributed by atoms with Crippen LogP contribution in [0, 0.1) is 0 Å². The van der Waals surface area contributed by atoms with Gasteiger partial charge in [0.2, 0.25) is 5.91 Å². The Kier molecular flexibility index (Phi) is 7.79. The molecule has 1 saturated heterocycles. The summed E-state index contributed by atoms with van der Waals surface area (Å²) in [7, 11) is 1.98. The Morgan fingerprint density at radius 3 is 2.60 bits per heavy atom. The maximum Gasteiger partial charge on any atom is 0.227 e. The summed E-state index contributed by atoms with van der Waals surface area (Å²) in [5, 5.41) is 0. The van der Waals surface area contributed by atoms with Crippen molar-refractivity contribution < 1.29 is 4.79 Å². The van der Waals surface area contributed by atoms with E-state index in [4.69, 9.17) is 12.4 Å². The van der Waals surface area contributed by atoms with Gasteiger partial charge in [0.25, 0.3) is 0 Å². The zero-order valence-electron chi connectivity index (χ0n) is 14.9. The van der Waals surface area contributed by atoms with E-state index in [1.807, 2.05) is 36.2 Å². The van der Waals surface area contributed by atoms with Gasteiger partial charge in [-0.25, -0.2) is 0 Å². The van der Waals surface area contributed by atoms with Crippen molar-refractivity contribution >= 4 is 36.4 Å². The van der Waals surface area contributed by atoms with Gasteiger partial charge in [0.05, 0.1) is 12.1 Å². The lowest BCUT2D eigenvalue weighted by Gasteiger charge is -2.42. The van der Waals surface area contributed by atoms with Crippen molar-refractivity contribution in [3.8, 4) is 0 Å². The third-order valence-electron chi connectivity index (χ3n) is 5.63. The van der Waals surface area contributed by atoms with Gasteiger partial charge in [0.1, 0.15) is 0 Å². The number of rotatable bonds is 5. The van der Waals surface area contributed by atoms with E-state index in [2.05, 4.69) is 9.26 Å². The standard InChI is InChI=1S/C19H27N3OS.ClH/c1-21(19(23)14-15-8-2-3-9-16(15)20-24)17-10-4-5-11-18(17)22-12-6-7-13-22;/h2-3,8-9,17-18H,4-7,10-14H2,1H3;1H/t17-,18-;/m0./s1. The van der Waals surface area contributed by atoms with Crippen molar-refractivity contribution in [2.24, 2.45) is 4.36 Å². The lowest BCUT2D eigenvalue weighted by atomic mass is 9.88. The van der Waals surface area contributed by atoms with E-state index in [1.54, 1.807) is 0 Å². The summed E-state index contributed by atoms with van der Waals surface area (Å²) in [4.78, 5) is 17.5. The lowest BCUT2D eigenvalue weighted by Crippen LogP contribution is -2.53. The van der Waals surface area contributed by atoms with Crippen molar-refractivity contribution in [1.82, 2.24) is 9.80 Å². The van der Waals surface area contributed by atoms with Crippen LogP contribution in [0.3, 0.4) is 0 Å². The molecule has 2 aliphatic rings. The zero-order chi connectivity index (χ0) is 16.9. The Balaban J connectivity index is 0.00000225. The maximum absolute atomic E-state index is 12.9. The summed E-state index contributed by atoms with van der Waals surface area (Å²) in [5.41, 5.74) is 1.67. The second kappa shape index (κ2) is 9.60. The number of benzene rings is 1. The molecule has 1 aromatic rings. The molecule has 0 N–H and O–H groups in total. The third kappa shape index (κ3) is 4.78. The predicted molar refractivity (Wildman–Crippen MR) is 106 cm³/mol. The molecule has 2 fully saturated rings. The van der Waals surface area contributed by atoms with Crippen molar-refractivity contribution in [3.05, 3.63) is 29.8 Å². The van der Waals surface area contributed by atoms with Crippen LogP contribution in [0.25, 0.3) is 0 Å². The number of carbonyl (C=O) groups is 1. The zero-order valence-corrected chi connectivity index (χ0v) is 16.5. The summed E-state index contributed by atoms with van der Waals surface area (Å²) in [5.74, 6) is 0.178. The summed E-state index contributed by atoms with van der Waals surface area (Å²) >= 11 is 4.83. The molecule has 0 bridgehead atoms. The van der Waals surface area contributed by atoms with Gasteiger partial charge in [0.15, 0.2) is 0 Å². The maximum atomic E-state index is 12.9. The molecule has 1 aliphatic heterocycles. The second-order valence-electron chi connectivity index (χ2n) is 7.06. The number of nitrogens with zero attached hydrogens (tertiary/aromatic N) is 3. The molecular weight excluding hydrogens is 354 g/mol. The third-order valence-corrected chi connectivity index (χ3v) is 5.82. The summed E-state index contributed by atoms with van der Waals surface area (Å²) in [6.07, 6.45) is 7.85. The van der Waals surface area contributed by atoms with Gasteiger partial charge in [-0.2, -0.15) is 4.36 Å². The number of halogens is 1. The van der Waals surface area contributed by atoms with Crippen LogP contribution >= 0.6 is 12.4 Å². The molecule has 0 radical (unpaired) electrons. The molecular formula is C19H28ClN3OS. The minimum absolute atomic E-state index is 0. The highest BCUT2D eigenvalue weighted by atomic mass is 35.5. The monoisotopic (exact) mass is 381 g/mol. The number of likely N-dealkylation sites (tertiary alicyclic amines) is 1. The van der Waals surface area contributed by atoms with E-state index in [1.165, 1.54) is 45.2 Å².